The van der Waals surface area contributed by atoms with Gasteiger partial charge < -0.3 is 14.0 Å². The Labute approximate surface area is 177 Å². The average molecular weight is 455 g/mol. The monoisotopic (exact) mass is 454 g/mol. The van der Waals surface area contributed by atoms with Gasteiger partial charge in [-0.2, -0.15) is 18.3 Å². The van der Waals surface area contributed by atoms with Crippen LogP contribution in [0, 0.1) is 0 Å². The minimum absolute atomic E-state index is 0.117. The summed E-state index contributed by atoms with van der Waals surface area (Å²) in [6.07, 6.45) is -2.78. The lowest BCUT2D eigenvalue weighted by atomic mass is 9.77. The number of halogens is 4. The van der Waals surface area contributed by atoms with Gasteiger partial charge in [0.05, 0.1) is 18.4 Å². The number of alkyl halides is 3. The largest absolute Gasteiger partial charge is 0.491 e. The SMILES string of the molecule is O=C(Oc1cc(OC2CC(c3ccc(Cl)cc3)C2)cnc1-c1cc(=O)[nH]o1)C(F)(F)F. The fraction of sp³-hybridized carbons (Fsp3) is 0.250. The quantitative estimate of drug-likeness (QED) is 0.571. The molecule has 0 radical (unpaired) electrons. The zero-order chi connectivity index (χ0) is 22.2. The Balaban J connectivity index is 1.51. The van der Waals surface area contributed by atoms with Crippen molar-refractivity contribution in [1.29, 1.82) is 0 Å². The van der Waals surface area contributed by atoms with Gasteiger partial charge in [-0.25, -0.2) is 9.78 Å². The Morgan fingerprint density at radius 2 is 1.90 bits per heavy atom. The Kier molecular flexibility index (Phi) is 5.48. The molecular formula is C20H14ClF3N2O5. The fourth-order valence-corrected chi connectivity index (χ4v) is 3.30. The van der Waals surface area contributed by atoms with Gasteiger partial charge in [0.1, 0.15) is 5.75 Å². The van der Waals surface area contributed by atoms with Crippen molar-refractivity contribution in [3.63, 3.8) is 0 Å². The maximum atomic E-state index is 12.7. The summed E-state index contributed by atoms with van der Waals surface area (Å²) in [5.41, 5.74) is 0.226. The Bertz CT molecular complexity index is 1150. The number of nitrogens with one attached hydrogen (secondary N) is 1. The topological polar surface area (TPSA) is 94.4 Å². The van der Waals surface area contributed by atoms with E-state index in [-0.39, 0.29) is 29.2 Å². The molecule has 0 amide bonds. The molecule has 4 rings (SSSR count). The third-order valence-corrected chi connectivity index (χ3v) is 5.01. The Morgan fingerprint density at radius 3 is 2.52 bits per heavy atom. The van der Waals surface area contributed by atoms with Gasteiger partial charge in [0, 0.05) is 11.1 Å². The molecule has 0 aliphatic heterocycles. The molecule has 11 heteroatoms. The highest BCUT2D eigenvalue weighted by Gasteiger charge is 2.42. The minimum atomic E-state index is -5.22. The van der Waals surface area contributed by atoms with Gasteiger partial charge in [-0.3, -0.25) is 4.79 Å². The Hall–Kier alpha value is -3.27. The van der Waals surface area contributed by atoms with Crippen molar-refractivity contribution >= 4 is 17.6 Å². The number of nitrogens with zero attached hydrogens (tertiary/aromatic N) is 1. The fourth-order valence-electron chi connectivity index (χ4n) is 3.17. The van der Waals surface area contributed by atoms with Gasteiger partial charge in [-0.05, 0) is 36.5 Å². The van der Waals surface area contributed by atoms with Crippen molar-refractivity contribution < 1.29 is 32.0 Å². The lowest BCUT2D eigenvalue weighted by Gasteiger charge is -2.35. The highest BCUT2D eigenvalue weighted by molar-refractivity contribution is 6.30. The molecule has 1 aromatic carbocycles. The molecule has 1 saturated carbocycles. The van der Waals surface area contributed by atoms with Crippen LogP contribution in [0.15, 0.2) is 51.9 Å². The summed E-state index contributed by atoms with van der Waals surface area (Å²) in [7, 11) is 0. The van der Waals surface area contributed by atoms with Crippen molar-refractivity contribution in [3.8, 4) is 23.0 Å². The predicted molar refractivity (Wildman–Crippen MR) is 102 cm³/mol. The first kappa shape index (κ1) is 21.0. The summed E-state index contributed by atoms with van der Waals surface area (Å²) < 4.78 is 53.1. The molecule has 7 nitrogen and oxygen atoms in total. The molecule has 1 aliphatic carbocycles. The molecule has 0 saturated heterocycles. The van der Waals surface area contributed by atoms with E-state index >= 15 is 0 Å². The number of carbonyl (C=O) groups is 1. The molecular weight excluding hydrogens is 441 g/mol. The first-order valence-electron chi connectivity index (χ1n) is 9.09. The molecule has 1 aliphatic rings. The van der Waals surface area contributed by atoms with E-state index in [0.717, 1.165) is 17.7 Å². The molecule has 162 valence electrons. The van der Waals surface area contributed by atoms with Crippen LogP contribution in [0.1, 0.15) is 24.3 Å². The van der Waals surface area contributed by atoms with E-state index in [9.17, 15) is 22.8 Å². The molecule has 0 spiro atoms. The number of carbonyl (C=O) groups excluding carboxylic acids is 1. The summed E-state index contributed by atoms with van der Waals surface area (Å²) in [5.74, 6) is -2.78. The number of aromatic nitrogens is 2. The van der Waals surface area contributed by atoms with E-state index in [2.05, 4.69) is 9.72 Å². The van der Waals surface area contributed by atoms with Crippen molar-refractivity contribution in [2.24, 2.45) is 0 Å². The van der Waals surface area contributed by atoms with E-state index in [1.165, 1.54) is 6.20 Å². The zero-order valence-corrected chi connectivity index (χ0v) is 16.4. The molecule has 0 atom stereocenters. The number of hydrogen-bond donors (Lipinski definition) is 1. The molecule has 2 heterocycles. The van der Waals surface area contributed by atoms with Crippen LogP contribution in [-0.2, 0) is 4.79 Å². The van der Waals surface area contributed by atoms with Crippen molar-refractivity contribution in [1.82, 2.24) is 10.1 Å². The van der Waals surface area contributed by atoms with E-state index in [4.69, 9.17) is 20.9 Å². The maximum absolute atomic E-state index is 12.7. The number of rotatable bonds is 5. The predicted octanol–water partition coefficient (Wildman–Crippen LogP) is 4.48. The van der Waals surface area contributed by atoms with Gasteiger partial charge in [-0.1, -0.05) is 23.7 Å². The summed E-state index contributed by atoms with van der Waals surface area (Å²) >= 11 is 5.89. The van der Waals surface area contributed by atoms with Crippen LogP contribution in [0.25, 0.3) is 11.5 Å². The summed E-state index contributed by atoms with van der Waals surface area (Å²) in [4.78, 5) is 26.6. The second kappa shape index (κ2) is 8.10. The van der Waals surface area contributed by atoms with Gasteiger partial charge >= 0.3 is 12.1 Å². The number of esters is 1. The zero-order valence-electron chi connectivity index (χ0n) is 15.6. The number of hydrogen-bond acceptors (Lipinski definition) is 6. The maximum Gasteiger partial charge on any atom is 0.491 e. The Morgan fingerprint density at radius 1 is 1.19 bits per heavy atom. The normalized spacial score (nSPS) is 18.3. The smallest absolute Gasteiger partial charge is 0.489 e. The summed E-state index contributed by atoms with van der Waals surface area (Å²) in [6, 6.07) is 9.53. The lowest BCUT2D eigenvalue weighted by Crippen LogP contribution is -2.32. The third kappa shape index (κ3) is 4.74. The number of aromatic amines is 1. The van der Waals surface area contributed by atoms with Gasteiger partial charge in [0.15, 0.2) is 17.2 Å². The molecule has 2 aromatic heterocycles. The highest BCUT2D eigenvalue weighted by atomic mass is 35.5. The highest BCUT2D eigenvalue weighted by Crippen LogP contribution is 2.40. The molecule has 1 N–H and O–H groups in total. The van der Waals surface area contributed by atoms with Crippen molar-refractivity contribution in [2.45, 2.75) is 31.0 Å². The van der Waals surface area contributed by atoms with Gasteiger partial charge in [-0.15, -0.1) is 0 Å². The standard InChI is InChI=1S/C20H14ClF3N2O5/c21-12-3-1-10(2-4-12)11-5-13(6-11)29-14-7-15(30-19(28)20(22,23)24)18(25-9-14)16-8-17(27)26-31-16/h1-4,7-9,11,13H,5-6H2,(H,26,27). The van der Waals surface area contributed by atoms with E-state index < -0.39 is 23.5 Å². The van der Waals surface area contributed by atoms with E-state index in [1.54, 1.807) is 12.1 Å². The average Bonchev–Trinajstić information content (AvgIpc) is 3.11. The summed E-state index contributed by atoms with van der Waals surface area (Å²) in [6.45, 7) is 0. The van der Waals surface area contributed by atoms with Crippen LogP contribution in [0.5, 0.6) is 11.5 Å². The first-order chi connectivity index (χ1) is 14.7. The van der Waals surface area contributed by atoms with Gasteiger partial charge in [0.2, 0.25) is 0 Å². The number of benzene rings is 1. The van der Waals surface area contributed by atoms with E-state index in [0.29, 0.717) is 17.9 Å². The second-order valence-corrected chi connectivity index (χ2v) is 7.38. The molecule has 0 unspecified atom stereocenters. The van der Waals surface area contributed by atoms with Crippen LogP contribution in [0.3, 0.4) is 0 Å². The third-order valence-electron chi connectivity index (χ3n) is 4.76. The molecule has 1 fully saturated rings. The van der Waals surface area contributed by atoms with Crippen molar-refractivity contribution in [3.05, 3.63) is 63.5 Å². The number of H-pyrrole nitrogens is 1. The van der Waals surface area contributed by atoms with Crippen LogP contribution < -0.4 is 15.0 Å². The molecule has 0 bridgehead atoms. The van der Waals surface area contributed by atoms with Crippen LogP contribution in [0.4, 0.5) is 13.2 Å². The first-order valence-corrected chi connectivity index (χ1v) is 9.47. The van der Waals surface area contributed by atoms with Gasteiger partial charge in [0.25, 0.3) is 5.56 Å². The summed E-state index contributed by atoms with van der Waals surface area (Å²) in [5, 5.41) is 2.63. The number of pyridine rings is 1. The lowest BCUT2D eigenvalue weighted by molar-refractivity contribution is -0.189. The van der Waals surface area contributed by atoms with Crippen LogP contribution >= 0.6 is 11.6 Å². The van der Waals surface area contributed by atoms with Crippen molar-refractivity contribution in [2.75, 3.05) is 0 Å². The number of ether oxygens (including phenoxy) is 2. The molecule has 31 heavy (non-hydrogen) atoms. The second-order valence-electron chi connectivity index (χ2n) is 6.94. The van der Waals surface area contributed by atoms with E-state index in [1.807, 2.05) is 17.3 Å². The van der Waals surface area contributed by atoms with Crippen LogP contribution in [-0.4, -0.2) is 28.4 Å². The molecule has 3 aromatic rings. The van der Waals surface area contributed by atoms with Crippen LogP contribution in [0.2, 0.25) is 5.02 Å². The minimum Gasteiger partial charge on any atom is -0.489 e.